The first-order valence-corrected chi connectivity index (χ1v) is 13.6. The van der Waals surface area contributed by atoms with Gasteiger partial charge in [0, 0.05) is 38.6 Å². The molecule has 0 radical (unpaired) electrons. The minimum absolute atomic E-state index is 0.00916. The van der Waals surface area contributed by atoms with E-state index in [-0.39, 0.29) is 11.8 Å². The van der Waals surface area contributed by atoms with Gasteiger partial charge in [0.2, 0.25) is 11.8 Å². The van der Waals surface area contributed by atoms with Crippen molar-refractivity contribution in [2.24, 2.45) is 0 Å². The SMILES string of the molecule is O=C(O)CCCCCCCCC#CC#CCCCCCCCCCCCCN1C(=O)CCC1=O. The second kappa shape index (κ2) is 21.3. The van der Waals surface area contributed by atoms with E-state index in [1.807, 2.05) is 0 Å². The number of imide groups is 1. The molecule has 0 aromatic carbocycles. The lowest BCUT2D eigenvalue weighted by Gasteiger charge is -2.13. The van der Waals surface area contributed by atoms with Gasteiger partial charge in [-0.2, -0.15) is 0 Å². The number of unbranched alkanes of at least 4 members (excludes halogenated alkanes) is 16. The number of hydrogen-bond acceptors (Lipinski definition) is 3. The van der Waals surface area contributed by atoms with Gasteiger partial charge in [0.1, 0.15) is 0 Å². The lowest BCUT2D eigenvalue weighted by molar-refractivity contribution is -0.139. The Morgan fingerprint density at radius 1 is 0.618 bits per heavy atom. The van der Waals surface area contributed by atoms with Crippen LogP contribution in [-0.4, -0.2) is 34.3 Å². The molecule has 1 rings (SSSR count). The fourth-order valence-corrected chi connectivity index (χ4v) is 4.18. The zero-order chi connectivity index (χ0) is 24.7. The third-order valence-electron chi connectivity index (χ3n) is 6.27. The highest BCUT2D eigenvalue weighted by Crippen LogP contribution is 2.15. The summed E-state index contributed by atoms with van der Waals surface area (Å²) in [5, 5.41) is 8.58. The molecule has 190 valence electrons. The topological polar surface area (TPSA) is 74.7 Å². The molecule has 1 aliphatic heterocycles. The molecule has 5 nitrogen and oxygen atoms in total. The maximum atomic E-state index is 11.5. The predicted molar refractivity (Wildman–Crippen MR) is 137 cm³/mol. The van der Waals surface area contributed by atoms with Crippen LogP contribution >= 0.6 is 0 Å². The van der Waals surface area contributed by atoms with Crippen molar-refractivity contribution < 1.29 is 19.5 Å². The van der Waals surface area contributed by atoms with Crippen molar-refractivity contribution in [1.82, 2.24) is 4.90 Å². The molecule has 0 aromatic heterocycles. The first-order chi connectivity index (χ1) is 16.6. The van der Waals surface area contributed by atoms with Crippen LogP contribution in [0.1, 0.15) is 135 Å². The molecule has 5 heteroatoms. The van der Waals surface area contributed by atoms with Crippen LogP contribution in [0.3, 0.4) is 0 Å². The molecular weight excluding hydrogens is 426 g/mol. The summed E-state index contributed by atoms with van der Waals surface area (Å²) in [6.07, 6.45) is 21.3. The fourth-order valence-electron chi connectivity index (χ4n) is 4.18. The zero-order valence-electron chi connectivity index (χ0n) is 21.2. The molecular formula is C29H45NO4. The molecule has 2 amide bonds. The summed E-state index contributed by atoms with van der Waals surface area (Å²) in [7, 11) is 0. The standard InChI is InChI=1S/C29H45NO4/c31-27-24-25-28(32)30(27)26-22-20-18-16-14-12-10-8-6-4-2-1-3-5-7-9-11-13-15-17-19-21-23-29(33)34/h2,4,6,8-26H2,(H,33,34). The van der Waals surface area contributed by atoms with E-state index >= 15 is 0 Å². The highest BCUT2D eigenvalue weighted by atomic mass is 16.4. The highest BCUT2D eigenvalue weighted by molar-refractivity contribution is 6.01. The number of carboxylic acid groups (broad SMARTS) is 1. The Morgan fingerprint density at radius 3 is 1.44 bits per heavy atom. The molecule has 0 spiro atoms. The third kappa shape index (κ3) is 17.2. The summed E-state index contributed by atoms with van der Waals surface area (Å²) < 4.78 is 0. The first-order valence-electron chi connectivity index (χ1n) is 13.6. The second-order valence-electron chi connectivity index (χ2n) is 9.34. The molecule has 1 fully saturated rings. The van der Waals surface area contributed by atoms with Crippen LogP contribution in [0.2, 0.25) is 0 Å². The van der Waals surface area contributed by atoms with Gasteiger partial charge in [-0.3, -0.25) is 19.3 Å². The van der Waals surface area contributed by atoms with Gasteiger partial charge >= 0.3 is 5.97 Å². The summed E-state index contributed by atoms with van der Waals surface area (Å²) in [4.78, 5) is 34.9. The maximum Gasteiger partial charge on any atom is 0.303 e. The number of nitrogens with zero attached hydrogens (tertiary/aromatic N) is 1. The Hall–Kier alpha value is -2.27. The molecule has 34 heavy (non-hydrogen) atoms. The van der Waals surface area contributed by atoms with Crippen LogP contribution in [0.5, 0.6) is 0 Å². The average Bonchev–Trinajstić information content (AvgIpc) is 3.13. The Morgan fingerprint density at radius 2 is 1.00 bits per heavy atom. The Labute approximate surface area is 207 Å². The van der Waals surface area contributed by atoms with Crippen molar-refractivity contribution in [2.45, 2.75) is 135 Å². The minimum atomic E-state index is -0.694. The molecule has 1 heterocycles. The predicted octanol–water partition coefficient (Wildman–Crippen LogP) is 6.64. The van der Waals surface area contributed by atoms with Gasteiger partial charge in [0.25, 0.3) is 0 Å². The summed E-state index contributed by atoms with van der Waals surface area (Å²) in [6, 6.07) is 0. The van der Waals surface area contributed by atoms with Crippen LogP contribution < -0.4 is 0 Å². The first kappa shape index (κ1) is 29.8. The number of hydrogen-bond donors (Lipinski definition) is 1. The van der Waals surface area contributed by atoms with Crippen molar-refractivity contribution in [3.63, 3.8) is 0 Å². The van der Waals surface area contributed by atoms with Crippen molar-refractivity contribution in [2.75, 3.05) is 6.54 Å². The van der Waals surface area contributed by atoms with E-state index in [2.05, 4.69) is 23.7 Å². The second-order valence-corrected chi connectivity index (χ2v) is 9.34. The number of likely N-dealkylation sites (tertiary alicyclic amines) is 1. The zero-order valence-corrected chi connectivity index (χ0v) is 21.2. The molecule has 0 atom stereocenters. The molecule has 1 saturated heterocycles. The highest BCUT2D eigenvalue weighted by Gasteiger charge is 2.27. The molecule has 0 bridgehead atoms. The molecule has 1 N–H and O–H groups in total. The molecule has 0 aliphatic carbocycles. The van der Waals surface area contributed by atoms with E-state index in [0.717, 1.165) is 70.6 Å². The number of carboxylic acids is 1. The van der Waals surface area contributed by atoms with E-state index in [1.165, 1.54) is 49.8 Å². The number of aliphatic carboxylic acids is 1. The molecule has 0 aromatic rings. The van der Waals surface area contributed by atoms with Crippen LogP contribution in [-0.2, 0) is 14.4 Å². The van der Waals surface area contributed by atoms with Crippen LogP contribution in [0.15, 0.2) is 0 Å². The Kier molecular flexibility index (Phi) is 18.6. The Balaban J connectivity index is 1.78. The van der Waals surface area contributed by atoms with E-state index in [4.69, 9.17) is 5.11 Å². The van der Waals surface area contributed by atoms with Crippen LogP contribution in [0, 0.1) is 23.7 Å². The quantitative estimate of drug-likeness (QED) is 0.123. The van der Waals surface area contributed by atoms with Crippen molar-refractivity contribution in [3.05, 3.63) is 0 Å². The summed E-state index contributed by atoms with van der Waals surface area (Å²) in [6.45, 7) is 0.616. The maximum absolute atomic E-state index is 11.5. The molecule has 1 aliphatic rings. The Bertz CT molecular complexity index is 691. The monoisotopic (exact) mass is 471 g/mol. The normalized spacial score (nSPS) is 12.9. The largest absolute Gasteiger partial charge is 0.481 e. The van der Waals surface area contributed by atoms with Crippen molar-refractivity contribution >= 4 is 17.8 Å². The van der Waals surface area contributed by atoms with Crippen molar-refractivity contribution in [3.8, 4) is 23.7 Å². The number of carbonyl (C=O) groups is 3. The number of amides is 2. The minimum Gasteiger partial charge on any atom is -0.481 e. The lowest BCUT2D eigenvalue weighted by atomic mass is 10.1. The van der Waals surface area contributed by atoms with Gasteiger partial charge in [-0.1, -0.05) is 88.9 Å². The van der Waals surface area contributed by atoms with Gasteiger partial charge in [-0.25, -0.2) is 0 Å². The summed E-state index contributed by atoms with van der Waals surface area (Å²) >= 11 is 0. The third-order valence-corrected chi connectivity index (χ3v) is 6.27. The van der Waals surface area contributed by atoms with E-state index in [9.17, 15) is 14.4 Å². The van der Waals surface area contributed by atoms with Crippen LogP contribution in [0.25, 0.3) is 0 Å². The van der Waals surface area contributed by atoms with Gasteiger partial charge in [0.15, 0.2) is 0 Å². The van der Waals surface area contributed by atoms with Crippen molar-refractivity contribution in [1.29, 1.82) is 0 Å². The van der Waals surface area contributed by atoms with Crippen LogP contribution in [0.4, 0.5) is 0 Å². The average molecular weight is 472 g/mol. The summed E-state index contributed by atoms with van der Waals surface area (Å²) in [5.41, 5.74) is 0. The van der Waals surface area contributed by atoms with Gasteiger partial charge in [-0.15, -0.1) is 0 Å². The van der Waals surface area contributed by atoms with Gasteiger partial charge < -0.3 is 5.11 Å². The summed E-state index contributed by atoms with van der Waals surface area (Å²) in [5.74, 6) is 11.5. The molecule has 0 saturated carbocycles. The smallest absolute Gasteiger partial charge is 0.303 e. The fraction of sp³-hybridized carbons (Fsp3) is 0.759. The van der Waals surface area contributed by atoms with Gasteiger partial charge in [0.05, 0.1) is 0 Å². The molecule has 0 unspecified atom stereocenters. The lowest BCUT2D eigenvalue weighted by Crippen LogP contribution is -2.29. The number of rotatable bonds is 20. The van der Waals surface area contributed by atoms with E-state index in [1.54, 1.807) is 0 Å². The van der Waals surface area contributed by atoms with E-state index < -0.39 is 5.97 Å². The number of carbonyl (C=O) groups excluding carboxylic acids is 2. The van der Waals surface area contributed by atoms with Gasteiger partial charge in [-0.05, 0) is 37.5 Å². The van der Waals surface area contributed by atoms with E-state index in [0.29, 0.717) is 25.8 Å².